The van der Waals surface area contributed by atoms with Crippen molar-refractivity contribution in [3.8, 4) is 0 Å². The Bertz CT molecular complexity index is 490. The van der Waals surface area contributed by atoms with Gasteiger partial charge in [-0.2, -0.15) is 0 Å². The number of pyridine rings is 1. The van der Waals surface area contributed by atoms with Gasteiger partial charge in [-0.25, -0.2) is 9.97 Å². The van der Waals surface area contributed by atoms with Crippen molar-refractivity contribution in [2.45, 2.75) is 18.8 Å². The summed E-state index contributed by atoms with van der Waals surface area (Å²) in [5.74, 6) is 1.48. The highest BCUT2D eigenvalue weighted by atomic mass is 35.5. The summed E-state index contributed by atoms with van der Waals surface area (Å²) in [7, 11) is 0. The van der Waals surface area contributed by atoms with Crippen LogP contribution in [0.5, 0.6) is 0 Å². The second-order valence-electron chi connectivity index (χ2n) is 3.84. The molecular formula is C11H10ClN3S. The summed E-state index contributed by atoms with van der Waals surface area (Å²) >= 11 is 7.39. The SMILES string of the molecule is Clc1ccc(Nc2nc(C3CC3)cs2)nc1. The van der Waals surface area contributed by atoms with Crippen LogP contribution >= 0.6 is 22.9 Å². The van der Waals surface area contributed by atoms with Gasteiger partial charge in [-0.15, -0.1) is 11.3 Å². The molecule has 16 heavy (non-hydrogen) atoms. The number of nitrogens with one attached hydrogen (secondary N) is 1. The van der Waals surface area contributed by atoms with Crippen molar-refractivity contribution in [1.29, 1.82) is 0 Å². The highest BCUT2D eigenvalue weighted by Gasteiger charge is 2.25. The standard InChI is InChI=1S/C11H10ClN3S/c12-8-3-4-10(13-5-8)15-11-14-9(6-16-11)7-1-2-7/h3-7H,1-2H2,(H,13,14,15). The van der Waals surface area contributed by atoms with Crippen molar-refractivity contribution in [2.75, 3.05) is 5.32 Å². The molecule has 2 aromatic rings. The molecule has 1 fully saturated rings. The lowest BCUT2D eigenvalue weighted by atomic mass is 10.3. The first-order chi connectivity index (χ1) is 7.81. The maximum Gasteiger partial charge on any atom is 0.188 e. The van der Waals surface area contributed by atoms with Crippen LogP contribution in [0.3, 0.4) is 0 Å². The molecule has 3 rings (SSSR count). The highest BCUT2D eigenvalue weighted by molar-refractivity contribution is 7.13. The normalized spacial score (nSPS) is 15.1. The molecule has 0 radical (unpaired) electrons. The van der Waals surface area contributed by atoms with Gasteiger partial charge in [-0.3, -0.25) is 0 Å². The quantitative estimate of drug-likeness (QED) is 0.901. The van der Waals surface area contributed by atoms with E-state index in [4.69, 9.17) is 11.6 Å². The summed E-state index contributed by atoms with van der Waals surface area (Å²) in [6, 6.07) is 3.66. The molecule has 0 saturated heterocycles. The minimum Gasteiger partial charge on any atom is -0.316 e. The molecular weight excluding hydrogens is 242 g/mol. The number of hydrogen-bond donors (Lipinski definition) is 1. The van der Waals surface area contributed by atoms with Crippen LogP contribution in [-0.4, -0.2) is 9.97 Å². The molecule has 2 aromatic heterocycles. The fourth-order valence-electron chi connectivity index (χ4n) is 1.47. The molecule has 0 spiro atoms. The molecule has 82 valence electrons. The first kappa shape index (κ1) is 10.1. The maximum atomic E-state index is 5.77. The molecule has 1 aliphatic carbocycles. The van der Waals surface area contributed by atoms with Gasteiger partial charge in [0.05, 0.1) is 10.7 Å². The van der Waals surface area contributed by atoms with E-state index < -0.39 is 0 Å². The van der Waals surface area contributed by atoms with Gasteiger partial charge in [0.1, 0.15) is 5.82 Å². The number of anilines is 2. The Balaban J connectivity index is 1.75. The molecule has 1 N–H and O–H groups in total. The van der Waals surface area contributed by atoms with Crippen molar-refractivity contribution in [3.05, 3.63) is 34.4 Å². The number of rotatable bonds is 3. The summed E-state index contributed by atoms with van der Waals surface area (Å²) in [4.78, 5) is 8.69. The number of halogens is 1. The van der Waals surface area contributed by atoms with Gasteiger partial charge in [0.2, 0.25) is 0 Å². The number of aromatic nitrogens is 2. The van der Waals surface area contributed by atoms with Crippen LogP contribution in [0, 0.1) is 0 Å². The van der Waals surface area contributed by atoms with Crippen molar-refractivity contribution in [2.24, 2.45) is 0 Å². The number of hydrogen-bond acceptors (Lipinski definition) is 4. The number of thiazole rings is 1. The van der Waals surface area contributed by atoms with Crippen LogP contribution in [0.4, 0.5) is 10.9 Å². The Morgan fingerprint density at radius 3 is 2.94 bits per heavy atom. The summed E-state index contributed by atoms with van der Waals surface area (Å²) in [5.41, 5.74) is 1.21. The van der Waals surface area contributed by atoms with E-state index in [2.05, 4.69) is 20.7 Å². The lowest BCUT2D eigenvalue weighted by Gasteiger charge is -2.00. The van der Waals surface area contributed by atoms with Gasteiger partial charge in [-0.05, 0) is 25.0 Å². The zero-order chi connectivity index (χ0) is 11.0. The third kappa shape index (κ3) is 2.18. The summed E-state index contributed by atoms with van der Waals surface area (Å²) in [5, 5.41) is 6.83. The molecule has 0 bridgehead atoms. The Morgan fingerprint density at radius 2 is 2.25 bits per heavy atom. The van der Waals surface area contributed by atoms with Gasteiger partial charge in [0.15, 0.2) is 5.13 Å². The van der Waals surface area contributed by atoms with Crippen LogP contribution < -0.4 is 5.32 Å². The van der Waals surface area contributed by atoms with E-state index in [9.17, 15) is 0 Å². The molecule has 5 heteroatoms. The first-order valence-electron chi connectivity index (χ1n) is 5.15. The van der Waals surface area contributed by atoms with E-state index in [1.165, 1.54) is 18.5 Å². The summed E-state index contributed by atoms with van der Waals surface area (Å²) < 4.78 is 0. The minimum atomic E-state index is 0.642. The van der Waals surface area contributed by atoms with E-state index in [0.29, 0.717) is 10.9 Å². The Kier molecular flexibility index (Phi) is 2.53. The van der Waals surface area contributed by atoms with Crippen LogP contribution in [-0.2, 0) is 0 Å². The van der Waals surface area contributed by atoms with Crippen LogP contribution in [0.15, 0.2) is 23.7 Å². The molecule has 2 heterocycles. The molecule has 0 amide bonds. The Labute approximate surface area is 103 Å². The smallest absolute Gasteiger partial charge is 0.188 e. The average Bonchev–Trinajstić information content (AvgIpc) is 3.04. The van der Waals surface area contributed by atoms with Crippen LogP contribution in [0.1, 0.15) is 24.5 Å². The predicted molar refractivity (Wildman–Crippen MR) is 66.6 cm³/mol. The summed E-state index contributed by atoms with van der Waals surface area (Å²) in [6.45, 7) is 0. The third-order valence-corrected chi connectivity index (χ3v) is 3.48. The van der Waals surface area contributed by atoms with Gasteiger partial charge < -0.3 is 5.32 Å². The predicted octanol–water partition coefficient (Wildman–Crippen LogP) is 3.81. The topological polar surface area (TPSA) is 37.8 Å². The molecule has 0 atom stereocenters. The minimum absolute atomic E-state index is 0.642. The first-order valence-corrected chi connectivity index (χ1v) is 6.41. The number of nitrogens with zero attached hydrogens (tertiary/aromatic N) is 2. The molecule has 3 nitrogen and oxygen atoms in total. The zero-order valence-electron chi connectivity index (χ0n) is 8.48. The van der Waals surface area contributed by atoms with Crippen molar-refractivity contribution < 1.29 is 0 Å². The molecule has 1 aliphatic rings. The molecule has 1 saturated carbocycles. The van der Waals surface area contributed by atoms with E-state index in [0.717, 1.165) is 10.9 Å². The van der Waals surface area contributed by atoms with E-state index in [-0.39, 0.29) is 0 Å². The fraction of sp³-hybridized carbons (Fsp3) is 0.273. The molecule has 0 aliphatic heterocycles. The lowest BCUT2D eigenvalue weighted by molar-refractivity contribution is 1.05. The van der Waals surface area contributed by atoms with Crippen molar-refractivity contribution in [1.82, 2.24) is 9.97 Å². The highest BCUT2D eigenvalue weighted by Crippen LogP contribution is 2.41. The molecule has 0 aromatic carbocycles. The fourth-order valence-corrected chi connectivity index (χ4v) is 2.38. The molecule has 0 unspecified atom stereocenters. The van der Waals surface area contributed by atoms with Crippen LogP contribution in [0.2, 0.25) is 5.02 Å². The average molecular weight is 252 g/mol. The Hall–Kier alpha value is -1.13. The summed E-state index contributed by atoms with van der Waals surface area (Å²) in [6.07, 6.45) is 4.18. The van der Waals surface area contributed by atoms with E-state index >= 15 is 0 Å². The zero-order valence-corrected chi connectivity index (χ0v) is 10.1. The Morgan fingerprint density at radius 1 is 1.38 bits per heavy atom. The van der Waals surface area contributed by atoms with Gasteiger partial charge in [0.25, 0.3) is 0 Å². The maximum absolute atomic E-state index is 5.77. The largest absolute Gasteiger partial charge is 0.316 e. The van der Waals surface area contributed by atoms with E-state index in [1.807, 2.05) is 12.1 Å². The second-order valence-corrected chi connectivity index (χ2v) is 5.13. The second kappa shape index (κ2) is 4.03. The third-order valence-electron chi connectivity index (χ3n) is 2.48. The lowest BCUT2D eigenvalue weighted by Crippen LogP contribution is -1.92. The van der Waals surface area contributed by atoms with E-state index in [1.54, 1.807) is 17.5 Å². The van der Waals surface area contributed by atoms with Crippen molar-refractivity contribution >= 4 is 33.9 Å². The monoisotopic (exact) mass is 251 g/mol. The van der Waals surface area contributed by atoms with Gasteiger partial charge in [-0.1, -0.05) is 11.6 Å². The van der Waals surface area contributed by atoms with Crippen LogP contribution in [0.25, 0.3) is 0 Å². The van der Waals surface area contributed by atoms with Gasteiger partial charge in [0, 0.05) is 17.5 Å². The van der Waals surface area contributed by atoms with Gasteiger partial charge >= 0.3 is 0 Å². The van der Waals surface area contributed by atoms with Crippen molar-refractivity contribution in [3.63, 3.8) is 0 Å².